The summed E-state index contributed by atoms with van der Waals surface area (Å²) in [7, 11) is 0. The van der Waals surface area contributed by atoms with Crippen molar-refractivity contribution in [2.45, 2.75) is 26.7 Å². The first-order chi connectivity index (χ1) is 8.98. The highest BCUT2D eigenvalue weighted by Crippen LogP contribution is 2.53. The van der Waals surface area contributed by atoms with Crippen LogP contribution in [0.15, 0.2) is 45.2 Å². The molecule has 0 saturated carbocycles. The Balaban J connectivity index is 2.29. The van der Waals surface area contributed by atoms with E-state index in [4.69, 9.17) is 27.9 Å². The summed E-state index contributed by atoms with van der Waals surface area (Å²) in [5.74, 6) is 0.761. The summed E-state index contributed by atoms with van der Waals surface area (Å²) in [6.45, 7) is 3.96. The third kappa shape index (κ3) is 1.73. The lowest BCUT2D eigenvalue weighted by Crippen LogP contribution is -2.27. The Kier molecular flexibility index (Phi) is 2.91. The highest BCUT2D eigenvalue weighted by molar-refractivity contribution is 6.33. The minimum absolute atomic E-state index is 0.146. The Morgan fingerprint density at radius 2 is 2.21 bits per heavy atom. The molecule has 4 heteroatoms. The number of hydrogen-bond donors (Lipinski definition) is 0. The van der Waals surface area contributed by atoms with Crippen LogP contribution in [-0.4, -0.2) is 11.8 Å². The van der Waals surface area contributed by atoms with Crippen molar-refractivity contribution in [1.82, 2.24) is 0 Å². The lowest BCUT2D eigenvalue weighted by Gasteiger charge is -2.38. The average molecular weight is 297 g/mol. The van der Waals surface area contributed by atoms with E-state index in [0.29, 0.717) is 22.2 Å². The van der Waals surface area contributed by atoms with Gasteiger partial charge in [-0.2, -0.15) is 0 Å². The fraction of sp³-hybridized carbons (Fsp3) is 0.400. The van der Waals surface area contributed by atoms with Crippen molar-refractivity contribution in [2.75, 3.05) is 5.88 Å². The molecular weight excluding hydrogens is 283 g/mol. The van der Waals surface area contributed by atoms with Crippen LogP contribution in [0.25, 0.3) is 0 Å². The Labute approximate surface area is 122 Å². The van der Waals surface area contributed by atoms with Gasteiger partial charge in [-0.15, -0.1) is 11.6 Å². The maximum Gasteiger partial charge on any atom is 0.339 e. The van der Waals surface area contributed by atoms with E-state index >= 15 is 0 Å². The van der Waals surface area contributed by atoms with Crippen molar-refractivity contribution in [3.63, 3.8) is 0 Å². The SMILES string of the molecule is CC1=C2CCC3(C)C=CC(Cl)=C(CCl)C3=C2OC1=O. The van der Waals surface area contributed by atoms with E-state index in [1.54, 1.807) is 0 Å². The summed E-state index contributed by atoms with van der Waals surface area (Å²) < 4.78 is 5.47. The number of hydrogen-bond acceptors (Lipinski definition) is 2. The molecule has 0 bridgehead atoms. The Morgan fingerprint density at radius 3 is 2.89 bits per heavy atom. The van der Waals surface area contributed by atoms with Gasteiger partial charge in [-0.25, -0.2) is 4.79 Å². The summed E-state index contributed by atoms with van der Waals surface area (Å²) >= 11 is 12.3. The van der Waals surface area contributed by atoms with Gasteiger partial charge in [0, 0.05) is 33.0 Å². The van der Waals surface area contributed by atoms with E-state index in [-0.39, 0.29) is 11.4 Å². The monoisotopic (exact) mass is 296 g/mol. The second kappa shape index (κ2) is 4.26. The molecule has 0 amide bonds. The van der Waals surface area contributed by atoms with Crippen LogP contribution in [0.4, 0.5) is 0 Å². The van der Waals surface area contributed by atoms with Crippen LogP contribution in [0.1, 0.15) is 26.7 Å². The number of alkyl halides is 1. The van der Waals surface area contributed by atoms with E-state index in [1.165, 1.54) is 0 Å². The van der Waals surface area contributed by atoms with Crippen molar-refractivity contribution >= 4 is 29.2 Å². The van der Waals surface area contributed by atoms with E-state index in [1.807, 2.05) is 13.0 Å². The Bertz CT molecular complexity index is 608. The van der Waals surface area contributed by atoms with Crippen LogP contribution in [0, 0.1) is 5.41 Å². The van der Waals surface area contributed by atoms with Crippen molar-refractivity contribution < 1.29 is 9.53 Å². The number of esters is 1. The van der Waals surface area contributed by atoms with Crippen molar-refractivity contribution in [1.29, 1.82) is 0 Å². The van der Waals surface area contributed by atoms with Crippen LogP contribution in [0.2, 0.25) is 0 Å². The fourth-order valence-electron chi connectivity index (χ4n) is 3.05. The normalized spacial score (nSPS) is 29.8. The molecule has 19 heavy (non-hydrogen) atoms. The number of rotatable bonds is 1. The lowest BCUT2D eigenvalue weighted by atomic mass is 9.67. The smallest absolute Gasteiger partial charge is 0.339 e. The number of allylic oxidation sites excluding steroid dienone is 6. The van der Waals surface area contributed by atoms with Crippen LogP contribution in [0.3, 0.4) is 0 Å². The second-order valence-corrected chi connectivity index (χ2v) is 6.08. The van der Waals surface area contributed by atoms with Gasteiger partial charge in [-0.1, -0.05) is 24.6 Å². The minimum atomic E-state index is -0.249. The molecule has 3 rings (SSSR count). The Morgan fingerprint density at radius 1 is 1.47 bits per heavy atom. The number of carbonyl (C=O) groups is 1. The van der Waals surface area contributed by atoms with Gasteiger partial charge < -0.3 is 4.74 Å². The molecule has 0 N–H and O–H groups in total. The Hall–Kier alpha value is -0.990. The predicted molar refractivity (Wildman–Crippen MR) is 75.9 cm³/mol. The summed E-state index contributed by atoms with van der Waals surface area (Å²) in [5, 5.41) is 0.636. The third-order valence-electron chi connectivity index (χ3n) is 4.24. The van der Waals surface area contributed by atoms with Crippen molar-refractivity contribution in [3.05, 3.63) is 45.2 Å². The molecule has 0 aromatic rings. The average Bonchev–Trinajstić information content (AvgIpc) is 2.66. The molecule has 3 aliphatic rings. The molecule has 1 unspecified atom stereocenters. The van der Waals surface area contributed by atoms with Gasteiger partial charge >= 0.3 is 5.97 Å². The zero-order valence-corrected chi connectivity index (χ0v) is 12.4. The van der Waals surface area contributed by atoms with Crippen molar-refractivity contribution in [3.8, 4) is 0 Å². The minimum Gasteiger partial charge on any atom is -0.423 e. The third-order valence-corrected chi connectivity index (χ3v) is 4.86. The molecule has 2 nitrogen and oxygen atoms in total. The standard InChI is InChI=1S/C15H14Cl2O2/c1-8-9-3-5-15(2)6-4-11(17)10(7-16)12(15)13(9)19-14(8)18/h4,6H,3,5,7H2,1-2H3. The molecule has 1 aliphatic heterocycles. The summed E-state index contributed by atoms with van der Waals surface area (Å²) in [6, 6.07) is 0. The van der Waals surface area contributed by atoms with Gasteiger partial charge in [-0.05, 0) is 31.4 Å². The number of halogens is 2. The zero-order chi connectivity index (χ0) is 13.8. The van der Waals surface area contributed by atoms with Gasteiger partial charge in [0.2, 0.25) is 0 Å². The van der Waals surface area contributed by atoms with E-state index in [9.17, 15) is 4.79 Å². The summed E-state index contributed by atoms with van der Waals surface area (Å²) in [5.41, 5.74) is 3.44. The number of carbonyl (C=O) groups excluding carboxylic acids is 1. The maximum absolute atomic E-state index is 11.8. The highest BCUT2D eigenvalue weighted by Gasteiger charge is 2.43. The van der Waals surface area contributed by atoms with Gasteiger partial charge in [0.15, 0.2) is 0 Å². The van der Waals surface area contributed by atoms with Crippen LogP contribution in [-0.2, 0) is 9.53 Å². The topological polar surface area (TPSA) is 26.3 Å². The summed E-state index contributed by atoms with van der Waals surface area (Å²) in [4.78, 5) is 11.8. The molecule has 0 spiro atoms. The van der Waals surface area contributed by atoms with Gasteiger partial charge in [0.25, 0.3) is 0 Å². The molecule has 0 radical (unpaired) electrons. The van der Waals surface area contributed by atoms with E-state index < -0.39 is 0 Å². The van der Waals surface area contributed by atoms with Crippen LogP contribution < -0.4 is 0 Å². The highest BCUT2D eigenvalue weighted by atomic mass is 35.5. The zero-order valence-electron chi connectivity index (χ0n) is 10.8. The quantitative estimate of drug-likeness (QED) is 0.535. The van der Waals surface area contributed by atoms with Crippen LogP contribution in [0.5, 0.6) is 0 Å². The van der Waals surface area contributed by atoms with Crippen molar-refractivity contribution in [2.24, 2.45) is 5.41 Å². The van der Waals surface area contributed by atoms with Gasteiger partial charge in [0.1, 0.15) is 5.76 Å². The first-order valence-electron chi connectivity index (χ1n) is 6.29. The van der Waals surface area contributed by atoms with E-state index in [0.717, 1.165) is 29.6 Å². The van der Waals surface area contributed by atoms with E-state index in [2.05, 4.69) is 13.0 Å². The van der Waals surface area contributed by atoms with Gasteiger partial charge in [-0.3, -0.25) is 0 Å². The largest absolute Gasteiger partial charge is 0.423 e. The molecular formula is C15H14Cl2O2. The van der Waals surface area contributed by atoms with Gasteiger partial charge in [0.05, 0.1) is 0 Å². The molecule has 0 fully saturated rings. The molecule has 0 aromatic carbocycles. The number of fused-ring (bicyclic) bond motifs is 2. The van der Waals surface area contributed by atoms with Crippen LogP contribution >= 0.6 is 23.2 Å². The molecule has 1 atom stereocenters. The maximum atomic E-state index is 11.8. The summed E-state index contributed by atoms with van der Waals surface area (Å²) in [6.07, 6.45) is 5.79. The molecule has 100 valence electrons. The second-order valence-electron chi connectivity index (χ2n) is 5.41. The predicted octanol–water partition coefficient (Wildman–Crippen LogP) is 4.22. The first-order valence-corrected chi connectivity index (χ1v) is 7.20. The molecule has 2 aliphatic carbocycles. The molecule has 0 saturated heterocycles. The first kappa shape index (κ1) is 13.0. The number of ether oxygens (including phenoxy) is 1. The fourth-order valence-corrected chi connectivity index (χ4v) is 3.62. The molecule has 1 heterocycles. The molecule has 0 aromatic heterocycles. The lowest BCUT2D eigenvalue weighted by molar-refractivity contribution is -0.133.